The third-order valence-electron chi connectivity index (χ3n) is 3.42. The lowest BCUT2D eigenvalue weighted by Gasteiger charge is -2.15. The molecule has 0 bridgehead atoms. The molecule has 1 aromatic carbocycles. The summed E-state index contributed by atoms with van der Waals surface area (Å²) in [5, 5.41) is 4.19. The first kappa shape index (κ1) is 19.3. The maximum Gasteiger partial charge on any atom is 0.573 e. The summed E-state index contributed by atoms with van der Waals surface area (Å²) in [6.45, 7) is 7.82. The zero-order valence-electron chi connectivity index (χ0n) is 14.4. The maximum atomic E-state index is 12.2. The summed E-state index contributed by atoms with van der Waals surface area (Å²) < 4.78 is 47.8. The number of alkyl halides is 3. The van der Waals surface area contributed by atoms with E-state index >= 15 is 0 Å². The van der Waals surface area contributed by atoms with Gasteiger partial charge in [0.2, 0.25) is 0 Å². The lowest BCUT2D eigenvalue weighted by molar-refractivity contribution is -0.274. The molecule has 0 aliphatic heterocycles. The Balaban J connectivity index is 1.99. The van der Waals surface area contributed by atoms with Crippen molar-refractivity contribution >= 4 is 13.8 Å². The monoisotopic (exact) mass is 373 g/mol. The minimum absolute atomic E-state index is 0.181. The third kappa shape index (κ3) is 6.43. The van der Waals surface area contributed by atoms with Crippen LogP contribution in [0.4, 0.5) is 18.9 Å². The lowest BCUT2D eigenvalue weighted by Crippen LogP contribution is -2.22. The Morgan fingerprint density at radius 2 is 1.96 bits per heavy atom. The molecule has 0 aliphatic rings. The average Bonchev–Trinajstić information content (AvgIpc) is 2.89. The van der Waals surface area contributed by atoms with Crippen molar-refractivity contribution in [1.82, 2.24) is 9.78 Å². The van der Waals surface area contributed by atoms with E-state index in [1.165, 1.54) is 12.1 Å². The van der Waals surface area contributed by atoms with Crippen LogP contribution in [-0.4, -0.2) is 30.8 Å². The normalized spacial score (nSPS) is 12.4. The number of hydrogen-bond donors (Lipinski definition) is 1. The molecule has 9 heteroatoms. The SMILES string of the molecule is C[Si](C)(C)CCOCn1cc(-c2ccc(OC(F)(F)F)cc2N)cn1. The van der Waals surface area contributed by atoms with Crippen LogP contribution < -0.4 is 10.5 Å². The minimum atomic E-state index is -4.74. The molecule has 0 unspecified atom stereocenters. The minimum Gasteiger partial charge on any atom is -0.406 e. The van der Waals surface area contributed by atoms with Crippen LogP contribution in [0.3, 0.4) is 0 Å². The first-order chi connectivity index (χ1) is 11.5. The van der Waals surface area contributed by atoms with Gasteiger partial charge in [-0.25, -0.2) is 4.68 Å². The van der Waals surface area contributed by atoms with E-state index in [2.05, 4.69) is 29.5 Å². The van der Waals surface area contributed by atoms with Crippen LogP contribution in [0.2, 0.25) is 25.7 Å². The Bertz CT molecular complexity index is 711. The maximum absolute atomic E-state index is 12.2. The molecule has 1 aromatic heterocycles. The van der Waals surface area contributed by atoms with Crippen LogP contribution in [0.15, 0.2) is 30.6 Å². The number of benzene rings is 1. The number of halogens is 3. The predicted molar refractivity (Wildman–Crippen MR) is 92.9 cm³/mol. The third-order valence-corrected chi connectivity index (χ3v) is 5.12. The van der Waals surface area contributed by atoms with Gasteiger partial charge in [-0.1, -0.05) is 19.6 Å². The molecule has 0 amide bonds. The highest BCUT2D eigenvalue weighted by Crippen LogP contribution is 2.31. The molecule has 2 aromatic rings. The molecule has 0 spiro atoms. The quantitative estimate of drug-likeness (QED) is 0.445. The van der Waals surface area contributed by atoms with E-state index in [1.54, 1.807) is 17.1 Å². The van der Waals surface area contributed by atoms with Crippen LogP contribution in [-0.2, 0) is 11.5 Å². The van der Waals surface area contributed by atoms with Gasteiger partial charge in [0, 0.05) is 43.8 Å². The molecule has 2 rings (SSSR count). The fourth-order valence-electron chi connectivity index (χ4n) is 2.11. The van der Waals surface area contributed by atoms with Gasteiger partial charge in [0.1, 0.15) is 12.5 Å². The van der Waals surface area contributed by atoms with Gasteiger partial charge < -0.3 is 15.2 Å². The van der Waals surface area contributed by atoms with E-state index in [9.17, 15) is 13.2 Å². The zero-order valence-corrected chi connectivity index (χ0v) is 15.4. The predicted octanol–water partition coefficient (Wildman–Crippen LogP) is 4.34. The van der Waals surface area contributed by atoms with Crippen molar-refractivity contribution < 1.29 is 22.6 Å². The Morgan fingerprint density at radius 3 is 2.56 bits per heavy atom. The highest BCUT2D eigenvalue weighted by atomic mass is 28.3. The van der Waals surface area contributed by atoms with E-state index in [0.29, 0.717) is 24.5 Å². The second kappa shape index (κ2) is 7.48. The summed E-state index contributed by atoms with van der Waals surface area (Å²) in [5.74, 6) is -0.351. The fourth-order valence-corrected chi connectivity index (χ4v) is 2.87. The van der Waals surface area contributed by atoms with Gasteiger partial charge in [-0.2, -0.15) is 5.10 Å². The Labute approximate surface area is 145 Å². The second-order valence-corrected chi connectivity index (χ2v) is 12.5. The number of ether oxygens (including phenoxy) is 2. The number of aromatic nitrogens is 2. The topological polar surface area (TPSA) is 62.3 Å². The van der Waals surface area contributed by atoms with E-state index < -0.39 is 14.4 Å². The van der Waals surface area contributed by atoms with Gasteiger partial charge >= 0.3 is 6.36 Å². The van der Waals surface area contributed by atoms with Crippen LogP contribution >= 0.6 is 0 Å². The highest BCUT2D eigenvalue weighted by molar-refractivity contribution is 6.76. The molecule has 0 radical (unpaired) electrons. The van der Waals surface area contributed by atoms with Crippen LogP contribution in [0.5, 0.6) is 5.75 Å². The van der Waals surface area contributed by atoms with Gasteiger partial charge in [0.15, 0.2) is 0 Å². The summed E-state index contributed by atoms with van der Waals surface area (Å²) in [7, 11) is -1.14. The van der Waals surface area contributed by atoms with Crippen LogP contribution in [0.1, 0.15) is 0 Å². The van der Waals surface area contributed by atoms with Gasteiger partial charge in [-0.3, -0.25) is 0 Å². The van der Waals surface area contributed by atoms with Gasteiger partial charge in [-0.15, -0.1) is 13.2 Å². The summed E-state index contributed by atoms with van der Waals surface area (Å²) in [6, 6.07) is 4.91. The molecule has 2 N–H and O–H groups in total. The number of nitrogens with zero attached hydrogens (tertiary/aromatic N) is 2. The highest BCUT2D eigenvalue weighted by Gasteiger charge is 2.31. The molecule has 138 valence electrons. The molecular weight excluding hydrogens is 351 g/mol. The molecule has 0 atom stereocenters. The zero-order chi connectivity index (χ0) is 18.7. The number of nitrogens with two attached hydrogens (primary N) is 1. The molecule has 0 saturated heterocycles. The van der Waals surface area contributed by atoms with Crippen molar-refractivity contribution in [1.29, 1.82) is 0 Å². The largest absolute Gasteiger partial charge is 0.573 e. The Kier molecular flexibility index (Phi) is 5.78. The molecule has 0 saturated carbocycles. The van der Waals surface area contributed by atoms with Crippen molar-refractivity contribution in [2.75, 3.05) is 12.3 Å². The van der Waals surface area contributed by atoms with Crippen molar-refractivity contribution in [3.8, 4) is 16.9 Å². The molecule has 25 heavy (non-hydrogen) atoms. The van der Waals surface area contributed by atoms with Crippen LogP contribution in [0, 0.1) is 0 Å². The second-order valence-electron chi connectivity index (χ2n) is 6.91. The first-order valence-electron chi connectivity index (χ1n) is 7.79. The van der Waals surface area contributed by atoms with E-state index in [1.807, 2.05) is 0 Å². The standard InChI is InChI=1S/C16H22F3N3O2Si/c1-25(2,3)7-6-23-11-22-10-12(9-21-22)14-5-4-13(8-15(14)20)24-16(17,18)19/h4-5,8-10H,6-7,11,20H2,1-3H3. The lowest BCUT2D eigenvalue weighted by atomic mass is 10.1. The summed E-state index contributed by atoms with van der Waals surface area (Å²) in [6.07, 6.45) is -1.41. The smallest absolute Gasteiger partial charge is 0.406 e. The van der Waals surface area contributed by atoms with Crippen molar-refractivity contribution in [3.63, 3.8) is 0 Å². The molecule has 0 fully saturated rings. The van der Waals surface area contributed by atoms with Gasteiger partial charge in [-0.05, 0) is 18.2 Å². The van der Waals surface area contributed by atoms with Crippen molar-refractivity contribution in [2.24, 2.45) is 0 Å². The first-order valence-corrected chi connectivity index (χ1v) is 11.5. The van der Waals surface area contributed by atoms with Gasteiger partial charge in [0.05, 0.1) is 6.20 Å². The number of hydrogen-bond acceptors (Lipinski definition) is 4. The number of nitrogen functional groups attached to an aromatic ring is 1. The van der Waals surface area contributed by atoms with E-state index in [4.69, 9.17) is 10.5 Å². The molecular formula is C16H22F3N3O2Si. The van der Waals surface area contributed by atoms with Gasteiger partial charge in [0.25, 0.3) is 0 Å². The Hall–Kier alpha value is -2.00. The molecule has 0 aliphatic carbocycles. The van der Waals surface area contributed by atoms with Crippen LogP contribution in [0.25, 0.3) is 11.1 Å². The van der Waals surface area contributed by atoms with Crippen molar-refractivity contribution in [3.05, 3.63) is 30.6 Å². The van der Waals surface area contributed by atoms with E-state index in [-0.39, 0.29) is 11.4 Å². The average molecular weight is 373 g/mol. The number of rotatable bonds is 7. The summed E-state index contributed by atoms with van der Waals surface area (Å²) in [5.41, 5.74) is 7.31. The Morgan fingerprint density at radius 1 is 1.24 bits per heavy atom. The fraction of sp³-hybridized carbons (Fsp3) is 0.438. The van der Waals surface area contributed by atoms with E-state index in [0.717, 1.165) is 12.1 Å². The van der Waals surface area contributed by atoms with Crippen molar-refractivity contribution in [2.45, 2.75) is 38.8 Å². The summed E-state index contributed by atoms with van der Waals surface area (Å²) >= 11 is 0. The summed E-state index contributed by atoms with van der Waals surface area (Å²) in [4.78, 5) is 0. The molecule has 5 nitrogen and oxygen atoms in total. The number of anilines is 1. The molecule has 1 heterocycles.